The van der Waals surface area contributed by atoms with Crippen molar-refractivity contribution in [2.24, 2.45) is 0 Å². The maximum Gasteiger partial charge on any atom is 0.151 e. The predicted molar refractivity (Wildman–Crippen MR) is 70.4 cm³/mol. The molecule has 1 saturated heterocycles. The quantitative estimate of drug-likeness (QED) is 0.930. The molecule has 0 aromatic heterocycles. The van der Waals surface area contributed by atoms with Gasteiger partial charge in [0.25, 0.3) is 0 Å². The molecule has 1 fully saturated rings. The highest BCUT2D eigenvalue weighted by atomic mass is 35.5. The Morgan fingerprint density at radius 2 is 2.06 bits per heavy atom. The minimum absolute atomic E-state index is 0.0504. The zero-order valence-corrected chi connectivity index (χ0v) is 11.4. The van der Waals surface area contributed by atoms with Crippen LogP contribution in [0.25, 0.3) is 0 Å². The lowest BCUT2D eigenvalue weighted by Crippen LogP contribution is -2.29. The summed E-state index contributed by atoms with van der Waals surface area (Å²) >= 11 is 11.7. The second-order valence-corrected chi connectivity index (χ2v) is 7.27. The summed E-state index contributed by atoms with van der Waals surface area (Å²) in [5, 5.41) is 4.26. The Labute approximate surface area is 111 Å². The van der Waals surface area contributed by atoms with Crippen LogP contribution in [-0.4, -0.2) is 26.0 Å². The summed E-state index contributed by atoms with van der Waals surface area (Å²) in [5.41, 5.74) is 1.00. The van der Waals surface area contributed by atoms with Gasteiger partial charge in [-0.1, -0.05) is 29.3 Å². The molecule has 1 aliphatic heterocycles. The van der Waals surface area contributed by atoms with Crippen molar-refractivity contribution in [2.45, 2.75) is 19.0 Å². The van der Waals surface area contributed by atoms with Crippen LogP contribution in [-0.2, 0) is 16.4 Å². The summed E-state index contributed by atoms with van der Waals surface area (Å²) in [7, 11) is -2.82. The lowest BCUT2D eigenvalue weighted by molar-refractivity contribution is 0.554. The van der Waals surface area contributed by atoms with E-state index in [0.29, 0.717) is 23.0 Å². The van der Waals surface area contributed by atoms with Crippen LogP contribution in [0.5, 0.6) is 0 Å². The Hall–Kier alpha value is -0.290. The molecular weight excluding hydrogens is 281 g/mol. The Kier molecular flexibility index (Phi) is 3.98. The van der Waals surface area contributed by atoms with Crippen LogP contribution < -0.4 is 5.32 Å². The van der Waals surface area contributed by atoms with Gasteiger partial charge in [-0.2, -0.15) is 0 Å². The summed E-state index contributed by atoms with van der Waals surface area (Å²) in [5.74, 6) is 0.514. The van der Waals surface area contributed by atoms with Crippen LogP contribution in [0.1, 0.15) is 12.0 Å². The second kappa shape index (κ2) is 5.14. The van der Waals surface area contributed by atoms with Crippen LogP contribution in [0, 0.1) is 0 Å². The molecule has 1 unspecified atom stereocenters. The van der Waals surface area contributed by atoms with E-state index in [9.17, 15) is 8.42 Å². The maximum absolute atomic E-state index is 11.3. The molecule has 0 saturated carbocycles. The third kappa shape index (κ3) is 3.58. The van der Waals surface area contributed by atoms with Gasteiger partial charge in [-0.3, -0.25) is 0 Å². The van der Waals surface area contributed by atoms with Crippen molar-refractivity contribution in [3.63, 3.8) is 0 Å². The van der Waals surface area contributed by atoms with Gasteiger partial charge in [0.2, 0.25) is 0 Å². The third-order valence-corrected chi connectivity index (χ3v) is 5.32. The summed E-state index contributed by atoms with van der Waals surface area (Å²) < 4.78 is 22.5. The number of nitrogens with one attached hydrogen (secondary N) is 1. The molecule has 0 aliphatic carbocycles. The fourth-order valence-electron chi connectivity index (χ4n) is 1.87. The number of sulfone groups is 1. The van der Waals surface area contributed by atoms with Gasteiger partial charge in [0.1, 0.15) is 0 Å². The van der Waals surface area contributed by atoms with E-state index in [2.05, 4.69) is 5.32 Å². The van der Waals surface area contributed by atoms with E-state index >= 15 is 0 Å². The van der Waals surface area contributed by atoms with E-state index in [4.69, 9.17) is 23.2 Å². The molecule has 1 aromatic carbocycles. The minimum Gasteiger partial charge on any atom is -0.309 e. The van der Waals surface area contributed by atoms with Crippen LogP contribution in [0.4, 0.5) is 0 Å². The molecule has 1 aliphatic rings. The molecule has 1 aromatic rings. The third-order valence-electron chi connectivity index (χ3n) is 2.81. The van der Waals surface area contributed by atoms with E-state index in [0.717, 1.165) is 5.56 Å². The molecule has 0 radical (unpaired) electrons. The summed E-state index contributed by atoms with van der Waals surface area (Å²) in [4.78, 5) is 0. The fraction of sp³-hybridized carbons (Fsp3) is 0.455. The first-order valence-electron chi connectivity index (χ1n) is 5.34. The van der Waals surface area contributed by atoms with Crippen molar-refractivity contribution in [2.75, 3.05) is 11.5 Å². The highest BCUT2D eigenvalue weighted by molar-refractivity contribution is 7.91. The smallest absolute Gasteiger partial charge is 0.151 e. The summed E-state index contributed by atoms with van der Waals surface area (Å²) in [6, 6.07) is 5.46. The molecule has 0 spiro atoms. The van der Waals surface area contributed by atoms with Gasteiger partial charge >= 0.3 is 0 Å². The molecule has 0 bridgehead atoms. The van der Waals surface area contributed by atoms with Crippen LogP contribution in [0.15, 0.2) is 18.2 Å². The van der Waals surface area contributed by atoms with Crippen LogP contribution >= 0.6 is 23.2 Å². The zero-order chi connectivity index (χ0) is 12.5. The number of benzene rings is 1. The van der Waals surface area contributed by atoms with E-state index < -0.39 is 9.84 Å². The van der Waals surface area contributed by atoms with Gasteiger partial charge in [0.05, 0.1) is 21.6 Å². The number of hydrogen-bond donors (Lipinski definition) is 1. The van der Waals surface area contributed by atoms with Crippen molar-refractivity contribution >= 4 is 33.0 Å². The Balaban J connectivity index is 1.92. The first kappa shape index (κ1) is 13.1. The van der Waals surface area contributed by atoms with Crippen molar-refractivity contribution in [3.05, 3.63) is 33.8 Å². The highest BCUT2D eigenvalue weighted by Crippen LogP contribution is 2.22. The van der Waals surface area contributed by atoms with Gasteiger partial charge in [-0.15, -0.1) is 0 Å². The van der Waals surface area contributed by atoms with Gasteiger partial charge in [-0.05, 0) is 24.1 Å². The summed E-state index contributed by atoms with van der Waals surface area (Å²) in [6.07, 6.45) is 0.684. The SMILES string of the molecule is O=S1(=O)CCC(NCc2ccc(Cl)c(Cl)c2)C1. The number of rotatable bonds is 3. The van der Waals surface area contributed by atoms with Crippen molar-refractivity contribution in [1.82, 2.24) is 5.32 Å². The van der Waals surface area contributed by atoms with E-state index in [1.807, 2.05) is 6.07 Å². The molecule has 17 heavy (non-hydrogen) atoms. The van der Waals surface area contributed by atoms with E-state index in [1.54, 1.807) is 12.1 Å². The van der Waals surface area contributed by atoms with Crippen molar-refractivity contribution in [1.29, 1.82) is 0 Å². The largest absolute Gasteiger partial charge is 0.309 e. The monoisotopic (exact) mass is 293 g/mol. The molecular formula is C11H13Cl2NO2S. The van der Waals surface area contributed by atoms with Crippen molar-refractivity contribution in [3.8, 4) is 0 Å². The molecule has 0 amide bonds. The van der Waals surface area contributed by atoms with E-state index in [1.165, 1.54) is 0 Å². The first-order chi connectivity index (χ1) is 7.96. The van der Waals surface area contributed by atoms with Gasteiger partial charge in [-0.25, -0.2) is 8.42 Å². The van der Waals surface area contributed by atoms with Crippen LogP contribution in [0.3, 0.4) is 0 Å². The topological polar surface area (TPSA) is 46.2 Å². The average Bonchev–Trinajstić information content (AvgIpc) is 2.60. The standard InChI is InChI=1S/C11H13Cl2NO2S/c12-10-2-1-8(5-11(10)13)6-14-9-3-4-17(15,16)7-9/h1-2,5,9,14H,3-4,6-7H2. The fourth-order valence-corrected chi connectivity index (χ4v) is 3.90. The van der Waals surface area contributed by atoms with Gasteiger partial charge < -0.3 is 5.32 Å². The maximum atomic E-state index is 11.3. The average molecular weight is 294 g/mol. The molecule has 94 valence electrons. The normalized spacial score (nSPS) is 22.8. The molecule has 1 heterocycles. The second-order valence-electron chi connectivity index (χ2n) is 4.23. The molecule has 1 atom stereocenters. The molecule has 3 nitrogen and oxygen atoms in total. The zero-order valence-electron chi connectivity index (χ0n) is 9.12. The Bertz CT molecular complexity index is 516. The lowest BCUT2D eigenvalue weighted by atomic mass is 10.2. The highest BCUT2D eigenvalue weighted by Gasteiger charge is 2.27. The molecule has 2 rings (SSSR count). The molecule has 1 N–H and O–H groups in total. The van der Waals surface area contributed by atoms with Crippen LogP contribution in [0.2, 0.25) is 10.0 Å². The van der Waals surface area contributed by atoms with Crippen molar-refractivity contribution < 1.29 is 8.42 Å². The first-order valence-corrected chi connectivity index (χ1v) is 7.92. The number of hydrogen-bond acceptors (Lipinski definition) is 3. The predicted octanol–water partition coefficient (Wildman–Crippen LogP) is 2.27. The minimum atomic E-state index is -2.82. The lowest BCUT2D eigenvalue weighted by Gasteiger charge is -2.10. The summed E-state index contributed by atoms with van der Waals surface area (Å²) in [6.45, 7) is 0.608. The van der Waals surface area contributed by atoms with Gasteiger partial charge in [0.15, 0.2) is 9.84 Å². The Morgan fingerprint density at radius 1 is 1.29 bits per heavy atom. The molecule has 6 heteroatoms. The Morgan fingerprint density at radius 3 is 2.65 bits per heavy atom. The number of halogens is 2. The van der Waals surface area contributed by atoms with Gasteiger partial charge in [0, 0.05) is 12.6 Å². The van der Waals surface area contributed by atoms with E-state index in [-0.39, 0.29) is 17.5 Å².